The lowest BCUT2D eigenvalue weighted by Gasteiger charge is -2.26. The number of nitrogens with zero attached hydrogens (tertiary/aromatic N) is 3. The van der Waals surface area contributed by atoms with Crippen LogP contribution in [0.5, 0.6) is 5.75 Å². The number of aromatic nitrogens is 2. The van der Waals surface area contributed by atoms with Crippen LogP contribution < -0.4 is 4.74 Å². The van der Waals surface area contributed by atoms with E-state index in [1.165, 1.54) is 12.0 Å². The highest BCUT2D eigenvalue weighted by molar-refractivity contribution is 5.33. The quantitative estimate of drug-likeness (QED) is 0.709. The van der Waals surface area contributed by atoms with Gasteiger partial charge in [-0.3, -0.25) is 4.90 Å². The average molecular weight is 329 g/mol. The first kappa shape index (κ1) is 17.0. The minimum absolute atomic E-state index is 0.646. The molecule has 0 N–H and O–H groups in total. The van der Waals surface area contributed by atoms with Crippen LogP contribution in [0.2, 0.25) is 0 Å². The Labute approximate surface area is 144 Å². The van der Waals surface area contributed by atoms with E-state index in [1.807, 2.05) is 30.9 Å². The summed E-state index contributed by atoms with van der Waals surface area (Å²) in [7, 11) is 1.74. The maximum absolute atomic E-state index is 5.55. The van der Waals surface area contributed by atoms with Crippen LogP contribution in [0.4, 0.5) is 0 Å². The summed E-state index contributed by atoms with van der Waals surface area (Å²) in [5, 5.41) is 0. The molecule has 1 atom stereocenters. The van der Waals surface area contributed by atoms with Crippen LogP contribution in [-0.2, 0) is 17.8 Å². The van der Waals surface area contributed by atoms with Gasteiger partial charge < -0.3 is 14.0 Å². The molecule has 0 radical (unpaired) electrons. The van der Waals surface area contributed by atoms with Crippen LogP contribution in [0, 0.1) is 5.92 Å². The van der Waals surface area contributed by atoms with Crippen LogP contribution in [0.15, 0.2) is 43.0 Å². The molecule has 5 nitrogen and oxygen atoms in total. The van der Waals surface area contributed by atoms with Crippen molar-refractivity contribution < 1.29 is 9.47 Å². The Kier molecular flexibility index (Phi) is 6.26. The average Bonchev–Trinajstić information content (AvgIpc) is 3.29. The molecule has 24 heavy (non-hydrogen) atoms. The van der Waals surface area contributed by atoms with Gasteiger partial charge in [0, 0.05) is 50.7 Å². The number of hydrogen-bond donors (Lipinski definition) is 0. The Morgan fingerprint density at radius 2 is 2.29 bits per heavy atom. The molecule has 130 valence electrons. The van der Waals surface area contributed by atoms with Gasteiger partial charge in [-0.05, 0) is 24.8 Å². The molecule has 1 saturated heterocycles. The van der Waals surface area contributed by atoms with Gasteiger partial charge in [0.15, 0.2) is 0 Å². The number of rotatable bonds is 9. The zero-order valence-electron chi connectivity index (χ0n) is 14.4. The number of imidazole rings is 1. The normalized spacial score (nSPS) is 17.5. The van der Waals surface area contributed by atoms with E-state index in [9.17, 15) is 0 Å². The molecule has 0 unspecified atom stereocenters. The van der Waals surface area contributed by atoms with E-state index in [0.717, 1.165) is 51.6 Å². The molecule has 0 aliphatic carbocycles. The van der Waals surface area contributed by atoms with E-state index in [0.29, 0.717) is 5.92 Å². The van der Waals surface area contributed by atoms with Crippen molar-refractivity contribution in [3.05, 3.63) is 48.5 Å². The second kappa shape index (κ2) is 8.85. The molecule has 1 aliphatic rings. The molecule has 0 spiro atoms. The third kappa shape index (κ3) is 4.82. The molecule has 1 aromatic heterocycles. The summed E-state index contributed by atoms with van der Waals surface area (Å²) >= 11 is 0. The monoisotopic (exact) mass is 329 g/mol. The van der Waals surface area contributed by atoms with Crippen LogP contribution in [-0.4, -0.2) is 47.9 Å². The van der Waals surface area contributed by atoms with E-state index in [4.69, 9.17) is 9.47 Å². The van der Waals surface area contributed by atoms with E-state index < -0.39 is 0 Å². The summed E-state index contributed by atoms with van der Waals surface area (Å²) in [6.07, 6.45) is 8.02. The number of hydrogen-bond acceptors (Lipinski definition) is 4. The van der Waals surface area contributed by atoms with Gasteiger partial charge in [0.05, 0.1) is 20.0 Å². The lowest BCUT2D eigenvalue weighted by Crippen LogP contribution is -2.31. The Hall–Kier alpha value is -1.85. The Balaban J connectivity index is 1.59. The molecular weight excluding hydrogens is 302 g/mol. The smallest absolute Gasteiger partial charge is 0.123 e. The van der Waals surface area contributed by atoms with E-state index >= 15 is 0 Å². The molecule has 0 saturated carbocycles. The molecule has 1 fully saturated rings. The standard InChI is InChI=1S/C19H27N3O2/c1-23-19-6-3-2-5-18(19)14-22(13-17-7-12-24-15-17)10-4-9-21-11-8-20-16-21/h2-3,5-6,8,11,16-17H,4,7,9-10,12-15H2,1H3/t17-/m0/s1. The maximum Gasteiger partial charge on any atom is 0.123 e. The molecule has 0 bridgehead atoms. The summed E-state index contributed by atoms with van der Waals surface area (Å²) in [6.45, 7) is 5.87. The van der Waals surface area contributed by atoms with Crippen molar-refractivity contribution in [2.75, 3.05) is 33.4 Å². The van der Waals surface area contributed by atoms with E-state index in [-0.39, 0.29) is 0 Å². The lowest BCUT2D eigenvalue weighted by atomic mass is 10.1. The fraction of sp³-hybridized carbons (Fsp3) is 0.526. The summed E-state index contributed by atoms with van der Waals surface area (Å²) in [4.78, 5) is 6.65. The fourth-order valence-electron chi connectivity index (χ4n) is 3.30. The Morgan fingerprint density at radius 3 is 3.04 bits per heavy atom. The van der Waals surface area contributed by atoms with Crippen molar-refractivity contribution in [3.63, 3.8) is 0 Å². The third-order valence-electron chi connectivity index (χ3n) is 4.58. The molecule has 3 rings (SSSR count). The van der Waals surface area contributed by atoms with Gasteiger partial charge >= 0.3 is 0 Å². The number of aryl methyl sites for hydroxylation is 1. The molecule has 1 aliphatic heterocycles. The van der Waals surface area contributed by atoms with Gasteiger partial charge in [0.25, 0.3) is 0 Å². The van der Waals surface area contributed by atoms with Crippen molar-refractivity contribution in [2.24, 2.45) is 5.92 Å². The minimum Gasteiger partial charge on any atom is -0.496 e. The Morgan fingerprint density at radius 1 is 1.38 bits per heavy atom. The molecular formula is C19H27N3O2. The van der Waals surface area contributed by atoms with Crippen LogP contribution >= 0.6 is 0 Å². The third-order valence-corrected chi connectivity index (χ3v) is 4.58. The second-order valence-corrected chi connectivity index (χ2v) is 6.43. The van der Waals surface area contributed by atoms with Crippen molar-refractivity contribution >= 4 is 0 Å². The summed E-state index contributed by atoms with van der Waals surface area (Å²) in [6, 6.07) is 8.31. The van der Waals surface area contributed by atoms with Gasteiger partial charge in [0.1, 0.15) is 5.75 Å². The zero-order chi connectivity index (χ0) is 16.6. The first-order valence-corrected chi connectivity index (χ1v) is 8.73. The first-order valence-electron chi connectivity index (χ1n) is 8.73. The number of ether oxygens (including phenoxy) is 2. The largest absolute Gasteiger partial charge is 0.496 e. The predicted molar refractivity (Wildman–Crippen MR) is 94.0 cm³/mol. The maximum atomic E-state index is 5.55. The number of benzene rings is 1. The number of methoxy groups -OCH3 is 1. The van der Waals surface area contributed by atoms with Crippen molar-refractivity contribution in [1.29, 1.82) is 0 Å². The fourth-order valence-corrected chi connectivity index (χ4v) is 3.30. The predicted octanol–water partition coefficient (Wildman–Crippen LogP) is 2.82. The van der Waals surface area contributed by atoms with Crippen molar-refractivity contribution in [2.45, 2.75) is 25.9 Å². The summed E-state index contributed by atoms with van der Waals surface area (Å²) < 4.78 is 13.2. The highest BCUT2D eigenvalue weighted by Gasteiger charge is 2.20. The summed E-state index contributed by atoms with van der Waals surface area (Å²) in [5.74, 6) is 1.62. The highest BCUT2D eigenvalue weighted by Crippen LogP contribution is 2.21. The second-order valence-electron chi connectivity index (χ2n) is 6.43. The minimum atomic E-state index is 0.646. The van der Waals surface area contributed by atoms with Gasteiger partial charge in [-0.1, -0.05) is 18.2 Å². The van der Waals surface area contributed by atoms with Crippen LogP contribution in [0.25, 0.3) is 0 Å². The van der Waals surface area contributed by atoms with Crippen LogP contribution in [0.3, 0.4) is 0 Å². The SMILES string of the molecule is COc1ccccc1CN(CCCn1ccnc1)C[C@@H]1CCOC1. The van der Waals surface area contributed by atoms with Gasteiger partial charge in [-0.15, -0.1) is 0 Å². The van der Waals surface area contributed by atoms with Gasteiger partial charge in [-0.25, -0.2) is 4.98 Å². The number of para-hydroxylation sites is 1. The van der Waals surface area contributed by atoms with E-state index in [1.54, 1.807) is 7.11 Å². The highest BCUT2D eigenvalue weighted by atomic mass is 16.5. The molecule has 0 amide bonds. The lowest BCUT2D eigenvalue weighted by molar-refractivity contribution is 0.162. The molecule has 1 aromatic carbocycles. The van der Waals surface area contributed by atoms with Gasteiger partial charge in [0.2, 0.25) is 0 Å². The van der Waals surface area contributed by atoms with Gasteiger partial charge in [-0.2, -0.15) is 0 Å². The first-order chi connectivity index (χ1) is 11.8. The molecule has 2 aromatic rings. The Bertz CT molecular complexity index is 594. The van der Waals surface area contributed by atoms with Crippen LogP contribution in [0.1, 0.15) is 18.4 Å². The molecule has 2 heterocycles. The van der Waals surface area contributed by atoms with E-state index in [2.05, 4.69) is 26.6 Å². The van der Waals surface area contributed by atoms with Crippen molar-refractivity contribution in [1.82, 2.24) is 14.5 Å². The summed E-state index contributed by atoms with van der Waals surface area (Å²) in [5.41, 5.74) is 1.25. The molecule has 5 heteroatoms. The topological polar surface area (TPSA) is 39.5 Å². The van der Waals surface area contributed by atoms with Crippen molar-refractivity contribution in [3.8, 4) is 5.75 Å². The zero-order valence-corrected chi connectivity index (χ0v) is 14.4.